The minimum absolute atomic E-state index is 0.0936. The maximum atomic E-state index is 12.6. The molecule has 0 spiro atoms. The van der Waals surface area contributed by atoms with Crippen molar-refractivity contribution in [3.05, 3.63) is 47.5 Å². The molecule has 9 nitrogen and oxygen atoms in total. The number of hydrogen-bond acceptors (Lipinski definition) is 7. The van der Waals surface area contributed by atoms with E-state index in [4.69, 9.17) is 31.2 Å². The summed E-state index contributed by atoms with van der Waals surface area (Å²) >= 11 is 5.21. The van der Waals surface area contributed by atoms with Gasteiger partial charge in [0.05, 0.1) is 27.9 Å². The van der Waals surface area contributed by atoms with Gasteiger partial charge in [-0.05, 0) is 48.6 Å². The molecule has 2 amide bonds. The zero-order valence-electron chi connectivity index (χ0n) is 17.7. The van der Waals surface area contributed by atoms with Crippen molar-refractivity contribution >= 4 is 34.8 Å². The Bertz CT molecular complexity index is 908. The predicted octanol–water partition coefficient (Wildman–Crippen LogP) is 2.22. The molecule has 0 aliphatic carbocycles. The largest absolute Gasteiger partial charge is 0.493 e. The fraction of sp³-hybridized carbons (Fsp3) is 0.286. The molecule has 0 radical (unpaired) electrons. The molecular formula is C21H25N3O6S. The fourth-order valence-electron chi connectivity index (χ4n) is 2.62. The van der Waals surface area contributed by atoms with Crippen LogP contribution in [0.4, 0.5) is 5.69 Å². The summed E-state index contributed by atoms with van der Waals surface area (Å²) in [5, 5.41) is 8.32. The van der Waals surface area contributed by atoms with Crippen LogP contribution in [0.3, 0.4) is 0 Å². The molecule has 3 N–H and O–H groups in total. The van der Waals surface area contributed by atoms with Crippen LogP contribution in [0.25, 0.3) is 0 Å². The van der Waals surface area contributed by atoms with Crippen molar-refractivity contribution in [2.24, 2.45) is 0 Å². The molecule has 31 heavy (non-hydrogen) atoms. The molecule has 10 heteroatoms. The Morgan fingerprint density at radius 1 is 0.871 bits per heavy atom. The first-order chi connectivity index (χ1) is 14.9. The first-order valence-corrected chi connectivity index (χ1v) is 9.63. The van der Waals surface area contributed by atoms with Crippen LogP contribution in [0.2, 0.25) is 0 Å². The van der Waals surface area contributed by atoms with Crippen molar-refractivity contribution in [1.82, 2.24) is 10.6 Å². The fourth-order valence-corrected chi connectivity index (χ4v) is 2.83. The molecule has 0 saturated carbocycles. The van der Waals surface area contributed by atoms with Crippen molar-refractivity contribution < 1.29 is 28.5 Å². The smallest absolute Gasteiger partial charge is 0.257 e. The summed E-state index contributed by atoms with van der Waals surface area (Å²) in [5.41, 5.74) is 1.39. The number of amides is 2. The first-order valence-electron chi connectivity index (χ1n) is 9.23. The van der Waals surface area contributed by atoms with E-state index in [1.165, 1.54) is 33.5 Å². The summed E-state index contributed by atoms with van der Waals surface area (Å²) in [4.78, 5) is 24.6. The van der Waals surface area contributed by atoms with Gasteiger partial charge in [0.2, 0.25) is 5.75 Å². The van der Waals surface area contributed by atoms with Crippen molar-refractivity contribution in [1.29, 1.82) is 0 Å². The van der Waals surface area contributed by atoms with Gasteiger partial charge in [0.15, 0.2) is 16.6 Å². The van der Waals surface area contributed by atoms with Crippen LogP contribution < -0.4 is 30.2 Å². The minimum Gasteiger partial charge on any atom is -0.493 e. The zero-order chi connectivity index (χ0) is 22.8. The van der Waals surface area contributed by atoms with E-state index in [0.29, 0.717) is 41.7 Å². The van der Waals surface area contributed by atoms with E-state index in [0.717, 1.165) is 0 Å². The third kappa shape index (κ3) is 6.56. The topological polar surface area (TPSA) is 107 Å². The van der Waals surface area contributed by atoms with Gasteiger partial charge in [-0.2, -0.15) is 0 Å². The van der Waals surface area contributed by atoms with Gasteiger partial charge in [0, 0.05) is 30.5 Å². The Morgan fingerprint density at radius 3 is 2.00 bits per heavy atom. The highest BCUT2D eigenvalue weighted by Crippen LogP contribution is 2.38. The van der Waals surface area contributed by atoms with Gasteiger partial charge in [0.1, 0.15) is 0 Å². The molecule has 0 unspecified atom stereocenters. The van der Waals surface area contributed by atoms with E-state index in [1.807, 2.05) is 0 Å². The van der Waals surface area contributed by atoms with Crippen LogP contribution in [0.5, 0.6) is 17.2 Å². The predicted molar refractivity (Wildman–Crippen MR) is 120 cm³/mol. The average molecular weight is 448 g/mol. The molecular weight excluding hydrogens is 422 g/mol. The lowest BCUT2D eigenvalue weighted by Crippen LogP contribution is -2.34. The number of ether oxygens (including phenoxy) is 4. The van der Waals surface area contributed by atoms with Gasteiger partial charge in [-0.3, -0.25) is 14.9 Å². The lowest BCUT2D eigenvalue weighted by Gasteiger charge is -2.14. The molecule has 0 bridgehead atoms. The summed E-state index contributed by atoms with van der Waals surface area (Å²) in [6.07, 6.45) is 0. The van der Waals surface area contributed by atoms with Crippen molar-refractivity contribution in [2.75, 3.05) is 46.9 Å². The molecule has 0 aromatic heterocycles. The second-order valence-electron chi connectivity index (χ2n) is 6.15. The summed E-state index contributed by atoms with van der Waals surface area (Å²) in [5.74, 6) is 0.428. The molecule has 0 fully saturated rings. The third-order valence-electron chi connectivity index (χ3n) is 4.15. The van der Waals surface area contributed by atoms with E-state index in [1.54, 1.807) is 31.4 Å². The molecule has 2 rings (SSSR count). The lowest BCUT2D eigenvalue weighted by atomic mass is 10.1. The summed E-state index contributed by atoms with van der Waals surface area (Å²) in [7, 11) is 5.98. The van der Waals surface area contributed by atoms with Crippen LogP contribution in [-0.4, -0.2) is 58.5 Å². The number of nitrogens with one attached hydrogen (secondary N) is 3. The van der Waals surface area contributed by atoms with E-state index < -0.39 is 5.91 Å². The van der Waals surface area contributed by atoms with Gasteiger partial charge in [0.25, 0.3) is 11.8 Å². The van der Waals surface area contributed by atoms with Crippen molar-refractivity contribution in [3.63, 3.8) is 0 Å². The van der Waals surface area contributed by atoms with Gasteiger partial charge in [-0.1, -0.05) is 0 Å². The quantitative estimate of drug-likeness (QED) is 0.397. The number of carbonyl (C=O) groups excluding carboxylic acids is 2. The van der Waals surface area contributed by atoms with Crippen LogP contribution in [0.1, 0.15) is 20.7 Å². The normalized spacial score (nSPS) is 10.1. The number of methoxy groups -OCH3 is 4. The highest BCUT2D eigenvalue weighted by Gasteiger charge is 2.17. The molecule has 0 aliphatic rings. The molecule has 0 aliphatic heterocycles. The van der Waals surface area contributed by atoms with Crippen LogP contribution in [-0.2, 0) is 4.74 Å². The molecule has 166 valence electrons. The maximum absolute atomic E-state index is 12.6. The van der Waals surface area contributed by atoms with Gasteiger partial charge < -0.3 is 29.6 Å². The first kappa shape index (κ1) is 23.9. The highest BCUT2D eigenvalue weighted by atomic mass is 32.1. The summed E-state index contributed by atoms with van der Waals surface area (Å²) in [6, 6.07) is 9.71. The molecule has 2 aromatic rings. The minimum atomic E-state index is -0.453. The maximum Gasteiger partial charge on any atom is 0.257 e. The van der Waals surface area contributed by atoms with Crippen LogP contribution >= 0.6 is 12.2 Å². The SMILES string of the molecule is COCCNC(=O)c1ccc(NC(=S)NC(=O)c2cc(OC)c(OC)c(OC)c2)cc1. The standard InChI is InChI=1S/C21H25N3O6S/c1-27-10-9-22-19(25)13-5-7-15(8-6-13)23-21(31)24-20(26)14-11-16(28-2)18(30-4)17(12-14)29-3/h5-8,11-12H,9-10H2,1-4H3,(H,22,25)(H2,23,24,26,31). The summed E-state index contributed by atoms with van der Waals surface area (Å²) < 4.78 is 20.7. The Kier molecular flexibility index (Phi) is 9.04. The number of thiocarbonyl (C=S) groups is 1. The number of carbonyl (C=O) groups is 2. The van der Waals surface area contributed by atoms with E-state index in [-0.39, 0.29) is 16.6 Å². The Labute approximate surface area is 186 Å². The second-order valence-corrected chi connectivity index (χ2v) is 6.56. The Morgan fingerprint density at radius 2 is 1.48 bits per heavy atom. The van der Waals surface area contributed by atoms with Gasteiger partial charge in [-0.15, -0.1) is 0 Å². The second kappa shape index (κ2) is 11.7. The molecule has 0 heterocycles. The lowest BCUT2D eigenvalue weighted by molar-refractivity contribution is 0.0935. The monoisotopic (exact) mass is 447 g/mol. The zero-order valence-corrected chi connectivity index (χ0v) is 18.6. The summed E-state index contributed by atoms with van der Waals surface area (Å²) in [6.45, 7) is 0.859. The third-order valence-corrected chi connectivity index (χ3v) is 4.35. The average Bonchev–Trinajstić information content (AvgIpc) is 2.78. The van der Waals surface area contributed by atoms with E-state index in [9.17, 15) is 9.59 Å². The Balaban J connectivity index is 2.01. The van der Waals surface area contributed by atoms with Gasteiger partial charge >= 0.3 is 0 Å². The van der Waals surface area contributed by atoms with Crippen LogP contribution in [0, 0.1) is 0 Å². The number of anilines is 1. The van der Waals surface area contributed by atoms with E-state index >= 15 is 0 Å². The van der Waals surface area contributed by atoms with Gasteiger partial charge in [-0.25, -0.2) is 0 Å². The number of hydrogen-bond donors (Lipinski definition) is 3. The number of rotatable bonds is 9. The molecule has 0 saturated heterocycles. The Hall–Kier alpha value is -3.37. The van der Waals surface area contributed by atoms with Crippen LogP contribution in [0.15, 0.2) is 36.4 Å². The van der Waals surface area contributed by atoms with E-state index in [2.05, 4.69) is 16.0 Å². The number of benzene rings is 2. The molecule has 2 aromatic carbocycles. The van der Waals surface area contributed by atoms with Crippen molar-refractivity contribution in [3.8, 4) is 17.2 Å². The molecule has 0 atom stereocenters. The highest BCUT2D eigenvalue weighted by molar-refractivity contribution is 7.80. The van der Waals surface area contributed by atoms with Crippen molar-refractivity contribution in [2.45, 2.75) is 0 Å².